The topological polar surface area (TPSA) is 68.0 Å². The molecule has 0 saturated carbocycles. The van der Waals surface area contributed by atoms with Gasteiger partial charge < -0.3 is 5.11 Å². The fourth-order valence-corrected chi connectivity index (χ4v) is 2.04. The second-order valence-electron chi connectivity index (χ2n) is 4.91. The Bertz CT molecular complexity index is 549. The lowest BCUT2D eigenvalue weighted by Gasteiger charge is -2.17. The lowest BCUT2D eigenvalue weighted by atomic mass is 10.0. The molecule has 0 fully saturated rings. The van der Waals surface area contributed by atoms with Crippen molar-refractivity contribution < 1.29 is 9.90 Å². The van der Waals surface area contributed by atoms with Gasteiger partial charge in [0.15, 0.2) is 5.82 Å². The summed E-state index contributed by atoms with van der Waals surface area (Å²) >= 11 is 0. The maximum atomic E-state index is 11.4. The third-order valence-electron chi connectivity index (χ3n) is 2.92. The third kappa shape index (κ3) is 2.99. The molecule has 0 spiro atoms. The number of benzene rings is 1. The Morgan fingerprint density at radius 1 is 1.32 bits per heavy atom. The number of carboxylic acids is 1. The van der Waals surface area contributed by atoms with Crippen LogP contribution in [0.5, 0.6) is 0 Å². The van der Waals surface area contributed by atoms with Gasteiger partial charge in [-0.3, -0.25) is 4.57 Å². The van der Waals surface area contributed by atoms with Crippen molar-refractivity contribution in [2.45, 2.75) is 26.3 Å². The van der Waals surface area contributed by atoms with Crippen LogP contribution in [0.1, 0.15) is 26.3 Å². The fraction of sp³-hybridized carbons (Fsp3) is 0.357. The zero-order valence-electron chi connectivity index (χ0n) is 11.0. The van der Waals surface area contributed by atoms with Gasteiger partial charge in [0.05, 0.1) is 0 Å². The molecule has 1 aromatic heterocycles. The highest BCUT2D eigenvalue weighted by Gasteiger charge is 2.24. The first-order valence-electron chi connectivity index (χ1n) is 6.27. The first-order chi connectivity index (χ1) is 9.09. The van der Waals surface area contributed by atoms with Crippen LogP contribution >= 0.6 is 0 Å². The number of hydrogen-bond acceptors (Lipinski definition) is 3. The maximum absolute atomic E-state index is 11.4. The second-order valence-corrected chi connectivity index (χ2v) is 4.91. The lowest BCUT2D eigenvalue weighted by Crippen LogP contribution is -2.21. The monoisotopic (exact) mass is 259 g/mol. The molecular formula is C14H17N3O2. The average Bonchev–Trinajstić information content (AvgIpc) is 2.85. The molecule has 0 amide bonds. The first-order valence-corrected chi connectivity index (χ1v) is 6.27. The van der Waals surface area contributed by atoms with Crippen molar-refractivity contribution in [1.82, 2.24) is 14.8 Å². The molecule has 0 aliphatic heterocycles. The number of hydrogen-bond donors (Lipinski definition) is 1. The van der Waals surface area contributed by atoms with Crippen LogP contribution in [0.2, 0.25) is 0 Å². The van der Waals surface area contributed by atoms with Crippen molar-refractivity contribution in [3.8, 4) is 11.4 Å². The van der Waals surface area contributed by atoms with Crippen LogP contribution < -0.4 is 0 Å². The zero-order chi connectivity index (χ0) is 13.8. The Morgan fingerprint density at radius 3 is 2.58 bits per heavy atom. The van der Waals surface area contributed by atoms with E-state index in [2.05, 4.69) is 10.2 Å². The van der Waals surface area contributed by atoms with Crippen LogP contribution in [0.4, 0.5) is 0 Å². The molecule has 19 heavy (non-hydrogen) atoms. The zero-order valence-corrected chi connectivity index (χ0v) is 11.0. The Kier molecular flexibility index (Phi) is 3.94. The SMILES string of the molecule is CC(C)CC(C(=O)O)n1cnnc1-c1ccccc1. The molecule has 5 heteroatoms. The highest BCUT2D eigenvalue weighted by molar-refractivity contribution is 5.73. The highest BCUT2D eigenvalue weighted by atomic mass is 16.4. The molecule has 1 atom stereocenters. The number of nitrogens with zero attached hydrogens (tertiary/aromatic N) is 3. The average molecular weight is 259 g/mol. The standard InChI is InChI=1S/C14H17N3O2/c1-10(2)8-12(14(18)19)17-9-15-16-13(17)11-6-4-3-5-7-11/h3-7,9-10,12H,8H2,1-2H3,(H,18,19). The van der Waals surface area contributed by atoms with E-state index in [9.17, 15) is 9.90 Å². The summed E-state index contributed by atoms with van der Waals surface area (Å²) in [6, 6.07) is 8.86. The maximum Gasteiger partial charge on any atom is 0.326 e. The van der Waals surface area contributed by atoms with Gasteiger partial charge in [-0.2, -0.15) is 0 Å². The lowest BCUT2D eigenvalue weighted by molar-refractivity contribution is -0.141. The number of aromatic nitrogens is 3. The molecule has 0 aliphatic carbocycles. The molecule has 1 heterocycles. The minimum absolute atomic E-state index is 0.284. The van der Waals surface area contributed by atoms with E-state index in [4.69, 9.17) is 0 Å². The quantitative estimate of drug-likeness (QED) is 0.896. The number of aliphatic carboxylic acids is 1. The van der Waals surface area contributed by atoms with E-state index in [1.54, 1.807) is 4.57 Å². The third-order valence-corrected chi connectivity index (χ3v) is 2.92. The van der Waals surface area contributed by atoms with E-state index < -0.39 is 12.0 Å². The van der Waals surface area contributed by atoms with Gasteiger partial charge in [0.2, 0.25) is 0 Å². The van der Waals surface area contributed by atoms with Gasteiger partial charge in [0.25, 0.3) is 0 Å². The van der Waals surface area contributed by atoms with E-state index >= 15 is 0 Å². The van der Waals surface area contributed by atoms with Gasteiger partial charge in [-0.25, -0.2) is 4.79 Å². The molecule has 2 aromatic rings. The van der Waals surface area contributed by atoms with Gasteiger partial charge in [0.1, 0.15) is 12.4 Å². The Balaban J connectivity index is 2.40. The predicted molar refractivity (Wildman–Crippen MR) is 71.6 cm³/mol. The van der Waals surface area contributed by atoms with E-state index in [0.717, 1.165) is 5.56 Å². The molecular weight excluding hydrogens is 242 g/mol. The van der Waals surface area contributed by atoms with E-state index in [1.165, 1.54) is 6.33 Å². The van der Waals surface area contributed by atoms with Crippen molar-refractivity contribution in [3.63, 3.8) is 0 Å². The summed E-state index contributed by atoms with van der Waals surface area (Å²) < 4.78 is 1.64. The van der Waals surface area contributed by atoms with Gasteiger partial charge in [-0.05, 0) is 12.3 Å². The smallest absolute Gasteiger partial charge is 0.326 e. The summed E-state index contributed by atoms with van der Waals surface area (Å²) in [4.78, 5) is 11.4. The van der Waals surface area contributed by atoms with Crippen LogP contribution in [0.25, 0.3) is 11.4 Å². The molecule has 0 radical (unpaired) electrons. The number of carboxylic acid groups (broad SMARTS) is 1. The summed E-state index contributed by atoms with van der Waals surface area (Å²) in [5, 5.41) is 17.3. The van der Waals surface area contributed by atoms with Crippen molar-refractivity contribution >= 4 is 5.97 Å². The number of carbonyl (C=O) groups is 1. The minimum Gasteiger partial charge on any atom is -0.480 e. The summed E-state index contributed by atoms with van der Waals surface area (Å²) in [5.41, 5.74) is 0.870. The Hall–Kier alpha value is -2.17. The molecule has 0 saturated heterocycles. The summed E-state index contributed by atoms with van der Waals surface area (Å²) in [7, 11) is 0. The van der Waals surface area contributed by atoms with Crippen LogP contribution in [0, 0.1) is 5.92 Å². The molecule has 1 aromatic carbocycles. The largest absolute Gasteiger partial charge is 0.480 e. The minimum atomic E-state index is -0.856. The Morgan fingerprint density at radius 2 is 2.00 bits per heavy atom. The second kappa shape index (κ2) is 5.65. The Labute approximate surface area is 111 Å². The molecule has 100 valence electrons. The van der Waals surface area contributed by atoms with Crippen molar-refractivity contribution in [1.29, 1.82) is 0 Å². The van der Waals surface area contributed by atoms with Crippen molar-refractivity contribution in [2.24, 2.45) is 5.92 Å². The van der Waals surface area contributed by atoms with E-state index in [-0.39, 0.29) is 5.92 Å². The molecule has 0 bridgehead atoms. The van der Waals surface area contributed by atoms with Gasteiger partial charge in [-0.15, -0.1) is 10.2 Å². The molecule has 1 N–H and O–H groups in total. The van der Waals surface area contributed by atoms with E-state index in [0.29, 0.717) is 12.2 Å². The molecule has 0 aliphatic rings. The summed E-state index contributed by atoms with van der Waals surface area (Å²) in [6.07, 6.45) is 2.04. The molecule has 5 nitrogen and oxygen atoms in total. The van der Waals surface area contributed by atoms with Crippen molar-refractivity contribution in [2.75, 3.05) is 0 Å². The first kappa shape index (κ1) is 13.3. The van der Waals surface area contributed by atoms with Crippen LogP contribution in [-0.2, 0) is 4.79 Å². The predicted octanol–water partition coefficient (Wildman–Crippen LogP) is 2.62. The van der Waals surface area contributed by atoms with Crippen LogP contribution in [0.3, 0.4) is 0 Å². The van der Waals surface area contributed by atoms with Gasteiger partial charge in [-0.1, -0.05) is 44.2 Å². The van der Waals surface area contributed by atoms with Gasteiger partial charge >= 0.3 is 5.97 Å². The molecule has 1 unspecified atom stereocenters. The highest BCUT2D eigenvalue weighted by Crippen LogP contribution is 2.24. The van der Waals surface area contributed by atoms with Gasteiger partial charge in [0, 0.05) is 5.56 Å². The van der Waals surface area contributed by atoms with Crippen LogP contribution in [0.15, 0.2) is 36.7 Å². The van der Waals surface area contributed by atoms with Crippen molar-refractivity contribution in [3.05, 3.63) is 36.7 Å². The molecule has 2 rings (SSSR count). The van der Waals surface area contributed by atoms with Crippen LogP contribution in [-0.4, -0.2) is 25.8 Å². The van der Waals surface area contributed by atoms with E-state index in [1.807, 2.05) is 44.2 Å². The fourth-order valence-electron chi connectivity index (χ4n) is 2.04. The summed E-state index contributed by atoms with van der Waals surface area (Å²) in [6.45, 7) is 4.00. The summed E-state index contributed by atoms with van der Waals surface area (Å²) in [5.74, 6) is 0.0199. The normalized spacial score (nSPS) is 12.6. The number of rotatable bonds is 5.